The van der Waals surface area contributed by atoms with E-state index in [4.69, 9.17) is 24.7 Å². The molecule has 0 radical (unpaired) electrons. The first-order chi connectivity index (χ1) is 13.1. The van der Waals surface area contributed by atoms with Gasteiger partial charge in [0.25, 0.3) is 0 Å². The third-order valence-electron chi connectivity index (χ3n) is 3.20. The van der Waals surface area contributed by atoms with Crippen LogP contribution in [-0.2, 0) is 35.0 Å². The van der Waals surface area contributed by atoms with Gasteiger partial charge in [-0.25, -0.2) is 4.79 Å². The van der Waals surface area contributed by atoms with Crippen molar-refractivity contribution in [2.75, 3.05) is 13.7 Å². The molecule has 2 N–H and O–H groups in total. The summed E-state index contributed by atoms with van der Waals surface area (Å²) < 4.78 is 24.1. The van der Waals surface area contributed by atoms with E-state index in [-0.39, 0.29) is 24.5 Å². The maximum atomic E-state index is 12.0. The molecule has 10 heteroatoms. The lowest BCUT2D eigenvalue weighted by Crippen LogP contribution is -2.36. The highest BCUT2D eigenvalue weighted by molar-refractivity contribution is 5.76. The minimum absolute atomic E-state index is 0.0286. The van der Waals surface area contributed by atoms with E-state index in [0.717, 1.165) is 7.11 Å². The molecule has 0 saturated heterocycles. The predicted octanol–water partition coefficient (Wildman–Crippen LogP) is 1.12. The topological polar surface area (TPSA) is 140 Å². The van der Waals surface area contributed by atoms with Crippen LogP contribution in [0.5, 0.6) is 11.5 Å². The van der Waals surface area contributed by atoms with Crippen LogP contribution >= 0.6 is 0 Å². The monoisotopic (exact) mass is 397 g/mol. The molecule has 0 aliphatic rings. The third-order valence-corrected chi connectivity index (χ3v) is 3.20. The number of hydrogen-bond donors (Lipinski definition) is 1. The van der Waals surface area contributed by atoms with Crippen LogP contribution < -0.4 is 15.2 Å². The van der Waals surface area contributed by atoms with Gasteiger partial charge in [0.15, 0.2) is 11.5 Å². The van der Waals surface area contributed by atoms with Crippen LogP contribution in [0.15, 0.2) is 18.2 Å². The molecule has 0 saturated carbocycles. The van der Waals surface area contributed by atoms with Crippen molar-refractivity contribution in [1.82, 2.24) is 0 Å². The summed E-state index contributed by atoms with van der Waals surface area (Å²) >= 11 is 0. The lowest BCUT2D eigenvalue weighted by molar-refractivity contribution is -0.148. The zero-order valence-electron chi connectivity index (χ0n) is 16.1. The maximum Gasteiger partial charge on any atom is 0.508 e. The molecule has 1 rings (SSSR count). The highest BCUT2D eigenvalue weighted by atomic mass is 16.7. The molecule has 0 aliphatic carbocycles. The van der Waals surface area contributed by atoms with E-state index in [2.05, 4.69) is 4.74 Å². The van der Waals surface area contributed by atoms with E-state index in [0.29, 0.717) is 5.56 Å². The molecule has 0 bridgehead atoms. The number of carbonyl (C=O) groups is 4. The van der Waals surface area contributed by atoms with Crippen LogP contribution in [0.2, 0.25) is 0 Å². The van der Waals surface area contributed by atoms with Gasteiger partial charge in [-0.2, -0.15) is 0 Å². The van der Waals surface area contributed by atoms with Gasteiger partial charge in [0.2, 0.25) is 0 Å². The summed E-state index contributed by atoms with van der Waals surface area (Å²) in [6.45, 7) is 3.74. The van der Waals surface area contributed by atoms with Crippen LogP contribution in [0.3, 0.4) is 0 Å². The van der Waals surface area contributed by atoms with Gasteiger partial charge >= 0.3 is 24.1 Å². The fourth-order valence-electron chi connectivity index (χ4n) is 2.04. The molecule has 154 valence electrons. The average molecular weight is 397 g/mol. The van der Waals surface area contributed by atoms with Gasteiger partial charge in [-0.05, 0) is 31.0 Å². The first-order valence-corrected chi connectivity index (χ1v) is 8.29. The van der Waals surface area contributed by atoms with Crippen LogP contribution in [0.4, 0.5) is 4.79 Å². The number of methoxy groups -OCH3 is 1. The van der Waals surface area contributed by atoms with E-state index >= 15 is 0 Å². The zero-order chi connectivity index (χ0) is 21.3. The van der Waals surface area contributed by atoms with Gasteiger partial charge in [0.1, 0.15) is 18.8 Å². The molecule has 0 amide bonds. The number of hydrogen-bond acceptors (Lipinski definition) is 10. The molecule has 1 aromatic rings. The molecule has 0 unspecified atom stereocenters. The van der Waals surface area contributed by atoms with Crippen molar-refractivity contribution in [2.24, 2.45) is 5.73 Å². The van der Waals surface area contributed by atoms with Gasteiger partial charge in [-0.1, -0.05) is 6.07 Å². The molecule has 0 fully saturated rings. The molecular formula is C18H23NO9. The molecule has 28 heavy (non-hydrogen) atoms. The van der Waals surface area contributed by atoms with Gasteiger partial charge < -0.3 is 29.4 Å². The second-order valence-electron chi connectivity index (χ2n) is 5.79. The molecule has 2 atom stereocenters. The number of rotatable bonds is 8. The standard InChI is InChI=1S/C18H23NO9/c1-10(26-18(23)24-4)9-25-17(22)14(19)7-13-5-6-15(27-11(2)20)16(8-13)28-12(3)21/h5-6,8,10,14H,7,9,19H2,1-4H3/t10-,14-/m0/s1. The number of esters is 3. The number of nitrogens with two attached hydrogens (primary N) is 1. The van der Waals surface area contributed by atoms with E-state index in [1.54, 1.807) is 6.07 Å². The average Bonchev–Trinajstić information content (AvgIpc) is 2.60. The normalized spacial score (nSPS) is 12.3. The molecule has 0 aromatic heterocycles. The Kier molecular flexibility index (Phi) is 8.89. The van der Waals surface area contributed by atoms with Gasteiger partial charge in [0.05, 0.1) is 7.11 Å². The Bertz CT molecular complexity index is 732. The Morgan fingerprint density at radius 3 is 2.21 bits per heavy atom. The van der Waals surface area contributed by atoms with Crippen molar-refractivity contribution in [3.05, 3.63) is 23.8 Å². The van der Waals surface area contributed by atoms with Crippen LogP contribution in [0.1, 0.15) is 26.3 Å². The Morgan fingerprint density at radius 1 is 1.04 bits per heavy atom. The Balaban J connectivity index is 2.72. The fourth-order valence-corrected chi connectivity index (χ4v) is 2.04. The Morgan fingerprint density at radius 2 is 1.64 bits per heavy atom. The van der Waals surface area contributed by atoms with Crippen molar-refractivity contribution in [3.8, 4) is 11.5 Å². The number of ether oxygens (including phenoxy) is 5. The minimum atomic E-state index is -1.02. The summed E-state index contributed by atoms with van der Waals surface area (Å²) in [6, 6.07) is 3.42. The lowest BCUT2D eigenvalue weighted by atomic mass is 10.1. The quantitative estimate of drug-likeness (QED) is 0.501. The van der Waals surface area contributed by atoms with Gasteiger partial charge in [-0.3, -0.25) is 14.4 Å². The first-order valence-electron chi connectivity index (χ1n) is 8.29. The van der Waals surface area contributed by atoms with Gasteiger partial charge in [0, 0.05) is 13.8 Å². The Labute approximate surface area is 161 Å². The lowest BCUT2D eigenvalue weighted by Gasteiger charge is -2.16. The summed E-state index contributed by atoms with van der Waals surface area (Å²) in [4.78, 5) is 45.3. The van der Waals surface area contributed by atoms with E-state index in [1.807, 2.05) is 0 Å². The van der Waals surface area contributed by atoms with Crippen molar-refractivity contribution in [2.45, 2.75) is 39.3 Å². The zero-order valence-corrected chi connectivity index (χ0v) is 16.1. The smallest absolute Gasteiger partial charge is 0.461 e. The van der Waals surface area contributed by atoms with E-state index < -0.39 is 36.2 Å². The second-order valence-corrected chi connectivity index (χ2v) is 5.79. The summed E-state index contributed by atoms with van der Waals surface area (Å²) in [6.07, 6.45) is -1.53. The molecule has 0 spiro atoms. The van der Waals surface area contributed by atoms with Crippen molar-refractivity contribution < 1.29 is 42.9 Å². The molecule has 0 aliphatic heterocycles. The van der Waals surface area contributed by atoms with Crippen molar-refractivity contribution >= 4 is 24.1 Å². The van der Waals surface area contributed by atoms with Crippen molar-refractivity contribution in [1.29, 1.82) is 0 Å². The number of benzene rings is 1. The molecule has 10 nitrogen and oxygen atoms in total. The van der Waals surface area contributed by atoms with Gasteiger partial charge in [-0.15, -0.1) is 0 Å². The summed E-state index contributed by atoms with van der Waals surface area (Å²) in [5, 5.41) is 0. The van der Waals surface area contributed by atoms with Crippen molar-refractivity contribution in [3.63, 3.8) is 0 Å². The Hall–Kier alpha value is -3.14. The summed E-state index contributed by atoms with van der Waals surface area (Å²) in [5.74, 6) is -1.80. The molecular weight excluding hydrogens is 374 g/mol. The SMILES string of the molecule is COC(=O)O[C@@H](C)COC(=O)[C@@H](N)Cc1ccc(OC(C)=O)c(OC(C)=O)c1. The molecule has 0 heterocycles. The minimum Gasteiger partial charge on any atom is -0.461 e. The van der Waals surface area contributed by atoms with Crippen LogP contribution in [0.25, 0.3) is 0 Å². The van der Waals surface area contributed by atoms with E-state index in [1.165, 1.54) is 32.9 Å². The predicted molar refractivity (Wildman–Crippen MR) is 94.7 cm³/mol. The third kappa shape index (κ3) is 8.04. The van der Waals surface area contributed by atoms with Crippen LogP contribution in [0, 0.1) is 0 Å². The molecule has 1 aromatic carbocycles. The maximum absolute atomic E-state index is 12.0. The largest absolute Gasteiger partial charge is 0.508 e. The summed E-state index contributed by atoms with van der Waals surface area (Å²) in [5.41, 5.74) is 6.38. The number of carbonyl (C=O) groups excluding carboxylic acids is 4. The highest BCUT2D eigenvalue weighted by Crippen LogP contribution is 2.29. The highest BCUT2D eigenvalue weighted by Gasteiger charge is 2.20. The van der Waals surface area contributed by atoms with Crippen LogP contribution in [-0.4, -0.2) is 49.9 Å². The summed E-state index contributed by atoms with van der Waals surface area (Å²) in [7, 11) is 1.16. The fraction of sp³-hybridized carbons (Fsp3) is 0.444. The first kappa shape index (κ1) is 22.9. The second kappa shape index (κ2) is 10.9. The van der Waals surface area contributed by atoms with E-state index in [9.17, 15) is 19.2 Å².